The summed E-state index contributed by atoms with van der Waals surface area (Å²) in [5.41, 5.74) is -0.380. The van der Waals surface area contributed by atoms with Gasteiger partial charge < -0.3 is 15.3 Å². The lowest BCUT2D eigenvalue weighted by Crippen LogP contribution is -2.53. The van der Waals surface area contributed by atoms with Crippen molar-refractivity contribution in [3.8, 4) is 0 Å². The summed E-state index contributed by atoms with van der Waals surface area (Å²) in [5.74, 6) is -0.178. The summed E-state index contributed by atoms with van der Waals surface area (Å²) in [6.07, 6.45) is 8.89. The van der Waals surface area contributed by atoms with Crippen LogP contribution in [0.5, 0.6) is 0 Å². The average Bonchev–Trinajstić information content (AvgIpc) is 2.40. The SMILES string of the molecule is CC1=C[C@@H](O)[C@H]2C[C@@H](C)C[C@@H](C)[C@@H]2[C@@]1(O)C=CC=CC(=O)O. The van der Waals surface area contributed by atoms with Crippen LogP contribution in [0.2, 0.25) is 0 Å². The molecule has 2 aliphatic carbocycles. The highest BCUT2D eigenvalue weighted by atomic mass is 16.4. The summed E-state index contributed by atoms with van der Waals surface area (Å²) in [7, 11) is 0. The maximum atomic E-state index is 11.2. The molecule has 0 aromatic heterocycles. The van der Waals surface area contributed by atoms with Gasteiger partial charge >= 0.3 is 5.97 Å². The highest BCUT2D eigenvalue weighted by molar-refractivity contribution is 5.80. The minimum Gasteiger partial charge on any atom is -0.478 e. The van der Waals surface area contributed by atoms with E-state index in [4.69, 9.17) is 5.11 Å². The number of carbonyl (C=O) groups is 1. The van der Waals surface area contributed by atoms with E-state index in [2.05, 4.69) is 13.8 Å². The molecule has 0 aromatic rings. The van der Waals surface area contributed by atoms with Crippen LogP contribution in [0.1, 0.15) is 33.6 Å². The zero-order chi connectivity index (χ0) is 16.5. The number of rotatable bonds is 3. The fourth-order valence-electron chi connectivity index (χ4n) is 4.38. The molecule has 0 radical (unpaired) electrons. The molecule has 1 fully saturated rings. The first kappa shape index (κ1) is 17.0. The predicted octanol–water partition coefficient (Wildman–Crippen LogP) is 2.53. The third-order valence-corrected chi connectivity index (χ3v) is 5.22. The molecule has 1 saturated carbocycles. The first-order chi connectivity index (χ1) is 10.3. The van der Waals surface area contributed by atoms with Crippen LogP contribution in [0.3, 0.4) is 0 Å². The maximum absolute atomic E-state index is 11.2. The minimum absolute atomic E-state index is 0.0422. The van der Waals surface area contributed by atoms with Gasteiger partial charge in [-0.3, -0.25) is 0 Å². The molecule has 6 atom stereocenters. The number of carboxylic acid groups (broad SMARTS) is 1. The summed E-state index contributed by atoms with van der Waals surface area (Å²) in [4.78, 5) is 10.5. The number of carboxylic acids is 1. The molecule has 0 aromatic carbocycles. The van der Waals surface area contributed by atoms with Crippen molar-refractivity contribution < 1.29 is 20.1 Å². The van der Waals surface area contributed by atoms with Gasteiger partial charge in [-0.1, -0.05) is 32.1 Å². The normalized spacial score (nSPS) is 42.4. The van der Waals surface area contributed by atoms with Crippen LogP contribution in [-0.4, -0.2) is 33.0 Å². The molecular formula is C18H26O4. The molecule has 2 rings (SSSR count). The van der Waals surface area contributed by atoms with Gasteiger partial charge in [0, 0.05) is 12.0 Å². The highest BCUT2D eigenvalue weighted by Crippen LogP contribution is 2.50. The smallest absolute Gasteiger partial charge is 0.328 e. The summed E-state index contributed by atoms with van der Waals surface area (Å²) < 4.78 is 0. The van der Waals surface area contributed by atoms with Crippen LogP contribution in [0, 0.1) is 23.7 Å². The second-order valence-corrected chi connectivity index (χ2v) is 6.97. The Morgan fingerprint density at radius 1 is 1.32 bits per heavy atom. The number of aliphatic hydroxyl groups excluding tert-OH is 1. The van der Waals surface area contributed by atoms with Crippen molar-refractivity contribution in [3.63, 3.8) is 0 Å². The molecule has 3 N–H and O–H groups in total. The van der Waals surface area contributed by atoms with Crippen molar-refractivity contribution in [2.45, 2.75) is 45.3 Å². The zero-order valence-corrected chi connectivity index (χ0v) is 13.4. The molecule has 0 heterocycles. The Morgan fingerprint density at radius 3 is 2.64 bits per heavy atom. The summed E-state index contributed by atoms with van der Waals surface area (Å²) in [6.45, 7) is 6.15. The molecule has 4 heteroatoms. The molecule has 0 saturated heterocycles. The van der Waals surface area contributed by atoms with Gasteiger partial charge in [-0.2, -0.15) is 0 Å². The summed E-state index contributed by atoms with van der Waals surface area (Å²) >= 11 is 0. The maximum Gasteiger partial charge on any atom is 0.328 e. The first-order valence-electron chi connectivity index (χ1n) is 7.94. The third-order valence-electron chi connectivity index (χ3n) is 5.22. The van der Waals surface area contributed by atoms with Gasteiger partial charge in [0.05, 0.1) is 6.10 Å². The van der Waals surface area contributed by atoms with Crippen molar-refractivity contribution in [1.82, 2.24) is 0 Å². The number of hydrogen-bond donors (Lipinski definition) is 3. The van der Waals surface area contributed by atoms with Gasteiger partial charge in [-0.25, -0.2) is 4.79 Å². The molecule has 0 spiro atoms. The second kappa shape index (κ2) is 6.39. The molecule has 122 valence electrons. The Morgan fingerprint density at radius 2 is 2.00 bits per heavy atom. The summed E-state index contributed by atoms with van der Waals surface area (Å²) in [6, 6.07) is 0. The number of fused-ring (bicyclic) bond motifs is 1. The van der Waals surface area contributed by atoms with Gasteiger partial charge in [0.25, 0.3) is 0 Å². The standard InChI is InChI=1S/C18H26O4/c1-11-8-12(2)17-14(9-11)15(19)10-13(3)18(17,22)7-5-4-6-16(20)21/h4-7,10-12,14-15,17,19,22H,8-9H2,1-3H3,(H,20,21)/t11-,12+,14+,15+,17-,18+/m0/s1. The average molecular weight is 306 g/mol. The van der Waals surface area contributed by atoms with Crippen LogP contribution >= 0.6 is 0 Å². The van der Waals surface area contributed by atoms with Gasteiger partial charge in [0.2, 0.25) is 0 Å². The van der Waals surface area contributed by atoms with Crippen molar-refractivity contribution in [1.29, 1.82) is 0 Å². The monoisotopic (exact) mass is 306 g/mol. The highest BCUT2D eigenvalue weighted by Gasteiger charge is 2.51. The number of allylic oxidation sites excluding steroid dienone is 2. The van der Waals surface area contributed by atoms with E-state index >= 15 is 0 Å². The number of aliphatic hydroxyl groups is 2. The molecule has 0 aliphatic heterocycles. The zero-order valence-electron chi connectivity index (χ0n) is 13.4. The quantitative estimate of drug-likeness (QED) is 0.425. The van der Waals surface area contributed by atoms with Crippen molar-refractivity contribution in [2.24, 2.45) is 23.7 Å². The Labute approximate surface area is 131 Å². The number of hydrogen-bond acceptors (Lipinski definition) is 3. The van der Waals surface area contributed by atoms with Gasteiger partial charge in [0.15, 0.2) is 0 Å². The molecular weight excluding hydrogens is 280 g/mol. The molecule has 0 bridgehead atoms. The van der Waals surface area contributed by atoms with E-state index < -0.39 is 17.7 Å². The van der Waals surface area contributed by atoms with Gasteiger partial charge in [0.1, 0.15) is 5.60 Å². The third kappa shape index (κ3) is 3.18. The molecule has 22 heavy (non-hydrogen) atoms. The van der Waals surface area contributed by atoms with Crippen molar-refractivity contribution >= 4 is 5.97 Å². The Kier molecular flexibility index (Phi) is 4.93. The second-order valence-electron chi connectivity index (χ2n) is 6.97. The molecule has 0 unspecified atom stereocenters. The van der Waals surface area contributed by atoms with Crippen LogP contribution in [0.25, 0.3) is 0 Å². The van der Waals surface area contributed by atoms with Gasteiger partial charge in [-0.05, 0) is 49.2 Å². The van der Waals surface area contributed by atoms with E-state index in [1.54, 1.807) is 18.2 Å². The lowest BCUT2D eigenvalue weighted by molar-refractivity contribution is -0.131. The van der Waals surface area contributed by atoms with Crippen molar-refractivity contribution in [2.75, 3.05) is 0 Å². The van der Waals surface area contributed by atoms with Gasteiger partial charge in [-0.15, -0.1) is 0 Å². The van der Waals surface area contributed by atoms with Crippen LogP contribution in [0.4, 0.5) is 0 Å². The first-order valence-corrected chi connectivity index (χ1v) is 7.94. The fourth-order valence-corrected chi connectivity index (χ4v) is 4.38. The Hall–Kier alpha value is -1.39. The van der Waals surface area contributed by atoms with Crippen LogP contribution in [0.15, 0.2) is 36.0 Å². The van der Waals surface area contributed by atoms with E-state index in [0.29, 0.717) is 11.8 Å². The molecule has 4 nitrogen and oxygen atoms in total. The number of aliphatic carboxylic acids is 1. The van der Waals surface area contributed by atoms with Crippen molar-refractivity contribution in [3.05, 3.63) is 36.0 Å². The molecule has 0 amide bonds. The topological polar surface area (TPSA) is 77.8 Å². The van der Waals surface area contributed by atoms with E-state index in [1.165, 1.54) is 6.08 Å². The minimum atomic E-state index is -1.12. The van der Waals surface area contributed by atoms with Crippen LogP contribution in [-0.2, 0) is 4.79 Å². The summed E-state index contributed by atoms with van der Waals surface area (Å²) in [5, 5.41) is 30.2. The predicted molar refractivity (Wildman–Crippen MR) is 85.2 cm³/mol. The van der Waals surface area contributed by atoms with E-state index in [0.717, 1.165) is 24.5 Å². The van der Waals surface area contributed by atoms with Crippen LogP contribution < -0.4 is 0 Å². The fraction of sp³-hybridized carbons (Fsp3) is 0.611. The largest absolute Gasteiger partial charge is 0.478 e. The van der Waals surface area contributed by atoms with E-state index in [-0.39, 0.29) is 11.8 Å². The Bertz CT molecular complexity index is 519. The van der Waals surface area contributed by atoms with E-state index in [9.17, 15) is 15.0 Å². The lowest BCUT2D eigenvalue weighted by Gasteiger charge is -2.51. The Balaban J connectivity index is 2.34. The molecule has 2 aliphatic rings. The lowest BCUT2D eigenvalue weighted by atomic mass is 9.56. The van der Waals surface area contributed by atoms with E-state index in [1.807, 2.05) is 6.92 Å².